The average Bonchev–Trinajstić information content (AvgIpc) is 2.52. The summed E-state index contributed by atoms with van der Waals surface area (Å²) in [4.78, 5) is 11.6. The van der Waals surface area contributed by atoms with Gasteiger partial charge in [-0.25, -0.2) is 0 Å². The van der Waals surface area contributed by atoms with Crippen molar-refractivity contribution >= 4 is 11.8 Å². The van der Waals surface area contributed by atoms with E-state index >= 15 is 0 Å². The number of aromatic nitrogens is 1. The molecule has 4 nitrogen and oxygen atoms in total. The summed E-state index contributed by atoms with van der Waals surface area (Å²) >= 11 is 0. The smallest absolute Gasteiger partial charge is 0.420 e. The molecular weight excluding hydrogens is 180 g/mol. The van der Waals surface area contributed by atoms with Gasteiger partial charge < -0.3 is 9.30 Å². The summed E-state index contributed by atoms with van der Waals surface area (Å²) in [5.74, 6) is 0. The quantitative estimate of drug-likeness (QED) is 0.676. The lowest BCUT2D eigenvalue weighted by Gasteiger charge is -2.22. The van der Waals surface area contributed by atoms with E-state index in [1.54, 1.807) is 0 Å². The largest absolute Gasteiger partial charge is 0.520 e. The predicted molar refractivity (Wildman–Crippen MR) is 56.1 cm³/mol. The highest BCUT2D eigenvalue weighted by atomic mass is 16.6. The van der Waals surface area contributed by atoms with E-state index in [-0.39, 0.29) is 10.6 Å². The second-order valence-corrected chi connectivity index (χ2v) is 3.69. The molecule has 1 rings (SSSR count). The first-order valence-electron chi connectivity index (χ1n) is 4.62. The zero-order chi connectivity index (χ0) is 10.8. The van der Waals surface area contributed by atoms with Crippen molar-refractivity contribution in [1.82, 2.24) is 9.05 Å². The molecule has 0 N–H and O–H groups in total. The van der Waals surface area contributed by atoms with Crippen molar-refractivity contribution < 1.29 is 9.53 Å². The topological polar surface area (TPSA) is 31.2 Å². The molecule has 78 valence electrons. The Balaban J connectivity index is 2.89. The third-order valence-electron chi connectivity index (χ3n) is 2.19. The van der Waals surface area contributed by atoms with E-state index in [4.69, 9.17) is 4.74 Å². The number of ether oxygens (including phenoxy) is 1. The maximum absolute atomic E-state index is 11.6. The number of quaternary nitrogens is 1. The molecule has 0 aliphatic rings. The molecule has 14 heavy (non-hydrogen) atoms. The fourth-order valence-corrected chi connectivity index (χ4v) is 1.21. The zero-order valence-electron chi connectivity index (χ0n) is 9.15. The number of hydrogen-bond acceptors (Lipinski definition) is 2. The van der Waals surface area contributed by atoms with Gasteiger partial charge in [0, 0.05) is 19.3 Å². The van der Waals surface area contributed by atoms with Crippen LogP contribution in [0.4, 0.5) is 10.5 Å². The van der Waals surface area contributed by atoms with Crippen LogP contribution in [0.3, 0.4) is 0 Å². The summed E-state index contributed by atoms with van der Waals surface area (Å²) in [5, 5.41) is 0. The van der Waals surface area contributed by atoms with Crippen LogP contribution in [-0.4, -0.2) is 31.4 Å². The average molecular weight is 197 g/mol. The molecule has 0 bridgehead atoms. The van der Waals surface area contributed by atoms with E-state index < -0.39 is 0 Å². The summed E-state index contributed by atoms with van der Waals surface area (Å²) in [6.07, 6.45) is 3.59. The molecule has 0 spiro atoms. The van der Waals surface area contributed by atoms with Crippen molar-refractivity contribution in [2.45, 2.75) is 6.92 Å². The Morgan fingerprint density at radius 3 is 2.64 bits per heavy atom. The molecule has 0 aliphatic carbocycles. The first-order chi connectivity index (χ1) is 6.48. The number of aryl methyl sites for hydroxylation is 1. The van der Waals surface area contributed by atoms with E-state index in [0.29, 0.717) is 6.61 Å². The van der Waals surface area contributed by atoms with Crippen LogP contribution in [0.15, 0.2) is 18.5 Å². The lowest BCUT2D eigenvalue weighted by molar-refractivity contribution is 0.124. The second-order valence-electron chi connectivity index (χ2n) is 3.69. The Hall–Kier alpha value is -1.29. The summed E-state index contributed by atoms with van der Waals surface area (Å²) < 4.78 is 7.03. The molecule has 1 aromatic rings. The zero-order valence-corrected chi connectivity index (χ0v) is 9.15. The van der Waals surface area contributed by atoms with E-state index in [2.05, 4.69) is 0 Å². The van der Waals surface area contributed by atoms with E-state index in [0.717, 1.165) is 5.69 Å². The van der Waals surface area contributed by atoms with Gasteiger partial charge in [-0.15, -0.1) is 0 Å². The number of carbonyl (C=O) groups is 1. The van der Waals surface area contributed by atoms with Crippen molar-refractivity contribution in [1.29, 1.82) is 0 Å². The number of nitrogens with zero attached hydrogens (tertiary/aromatic N) is 2. The summed E-state index contributed by atoms with van der Waals surface area (Å²) in [6.45, 7) is 2.22. The van der Waals surface area contributed by atoms with Crippen LogP contribution in [0.2, 0.25) is 0 Å². The van der Waals surface area contributed by atoms with Crippen LogP contribution in [0.1, 0.15) is 6.92 Å². The lowest BCUT2D eigenvalue weighted by atomic mass is 10.4. The SMILES string of the molecule is CCOC(=O)[N+](C)(C)c1ccn(C)c1. The Bertz CT molecular complexity index is 329. The molecule has 0 unspecified atom stereocenters. The van der Waals surface area contributed by atoms with Crippen LogP contribution in [0.25, 0.3) is 0 Å². The lowest BCUT2D eigenvalue weighted by Crippen LogP contribution is -2.46. The van der Waals surface area contributed by atoms with Crippen LogP contribution < -0.4 is 4.48 Å². The van der Waals surface area contributed by atoms with Gasteiger partial charge in [0.25, 0.3) is 0 Å². The first-order valence-corrected chi connectivity index (χ1v) is 4.62. The summed E-state index contributed by atoms with van der Waals surface area (Å²) in [6, 6.07) is 1.91. The fourth-order valence-electron chi connectivity index (χ4n) is 1.21. The molecule has 0 radical (unpaired) electrons. The van der Waals surface area contributed by atoms with E-state index in [1.165, 1.54) is 0 Å². The number of carbonyl (C=O) groups excluding carboxylic acids is 1. The van der Waals surface area contributed by atoms with E-state index in [9.17, 15) is 4.79 Å². The molecule has 0 saturated heterocycles. The van der Waals surface area contributed by atoms with Crippen molar-refractivity contribution in [2.24, 2.45) is 7.05 Å². The molecule has 0 aliphatic heterocycles. The van der Waals surface area contributed by atoms with Crippen LogP contribution in [-0.2, 0) is 11.8 Å². The van der Waals surface area contributed by atoms with Gasteiger partial charge >= 0.3 is 6.09 Å². The van der Waals surface area contributed by atoms with Crippen molar-refractivity contribution in [3.05, 3.63) is 18.5 Å². The summed E-state index contributed by atoms with van der Waals surface area (Å²) in [7, 11) is 5.55. The third-order valence-corrected chi connectivity index (χ3v) is 2.19. The molecule has 1 heterocycles. The first kappa shape index (κ1) is 10.8. The third kappa shape index (κ3) is 1.96. The monoisotopic (exact) mass is 197 g/mol. The number of hydrogen-bond donors (Lipinski definition) is 0. The molecular formula is C10H17N2O2+. The Morgan fingerprint density at radius 2 is 2.21 bits per heavy atom. The van der Waals surface area contributed by atoms with Crippen molar-refractivity contribution in [3.8, 4) is 0 Å². The fraction of sp³-hybridized carbons (Fsp3) is 0.500. The minimum atomic E-state index is -0.237. The Labute approximate surface area is 84.3 Å². The highest BCUT2D eigenvalue weighted by Crippen LogP contribution is 2.19. The normalized spacial score (nSPS) is 11.4. The highest BCUT2D eigenvalue weighted by molar-refractivity contribution is 5.81. The van der Waals surface area contributed by atoms with Gasteiger partial charge in [-0.1, -0.05) is 0 Å². The van der Waals surface area contributed by atoms with Gasteiger partial charge in [0.05, 0.1) is 26.9 Å². The molecule has 4 heteroatoms. The predicted octanol–water partition coefficient (Wildman–Crippen LogP) is 1.75. The Morgan fingerprint density at radius 1 is 1.57 bits per heavy atom. The Kier molecular flexibility index (Phi) is 2.96. The van der Waals surface area contributed by atoms with Gasteiger partial charge in [0.15, 0.2) is 5.69 Å². The van der Waals surface area contributed by atoms with Gasteiger partial charge in [0.1, 0.15) is 0 Å². The maximum atomic E-state index is 11.6. The maximum Gasteiger partial charge on any atom is 0.520 e. The van der Waals surface area contributed by atoms with Crippen molar-refractivity contribution in [2.75, 3.05) is 20.7 Å². The van der Waals surface area contributed by atoms with E-state index in [1.807, 2.05) is 51.1 Å². The van der Waals surface area contributed by atoms with Crippen molar-refractivity contribution in [3.63, 3.8) is 0 Å². The van der Waals surface area contributed by atoms with Crippen LogP contribution >= 0.6 is 0 Å². The molecule has 0 saturated carbocycles. The number of amides is 1. The molecule has 1 aromatic heterocycles. The molecule has 1 amide bonds. The minimum absolute atomic E-state index is 0.120. The van der Waals surface area contributed by atoms with Gasteiger partial charge in [-0.3, -0.25) is 0 Å². The van der Waals surface area contributed by atoms with Crippen LogP contribution in [0.5, 0.6) is 0 Å². The number of rotatable bonds is 2. The van der Waals surface area contributed by atoms with Gasteiger partial charge in [-0.05, 0) is 6.92 Å². The molecule has 0 fully saturated rings. The minimum Gasteiger partial charge on any atom is -0.420 e. The second kappa shape index (κ2) is 3.84. The highest BCUT2D eigenvalue weighted by Gasteiger charge is 2.31. The molecule has 0 aromatic carbocycles. The van der Waals surface area contributed by atoms with Gasteiger partial charge in [-0.2, -0.15) is 9.28 Å². The standard InChI is InChI=1S/C10H17N2O2/c1-5-14-10(13)12(3,4)9-6-7-11(2)8-9/h6-8H,5H2,1-4H3/q+1. The molecule has 0 atom stereocenters. The van der Waals surface area contributed by atoms with Crippen LogP contribution in [0, 0.1) is 0 Å². The van der Waals surface area contributed by atoms with Gasteiger partial charge in [0.2, 0.25) is 0 Å². The summed E-state index contributed by atoms with van der Waals surface area (Å²) in [5.41, 5.74) is 0.922.